The molecule has 62 heavy (non-hydrogen) atoms. The van der Waals surface area contributed by atoms with Gasteiger partial charge in [-0.25, -0.2) is 4.98 Å². The molecule has 0 saturated heterocycles. The minimum absolute atomic E-state index is 0.0581. The van der Waals surface area contributed by atoms with Gasteiger partial charge < -0.3 is 9.52 Å². The Morgan fingerprint density at radius 1 is 0.468 bits per heavy atom. The first-order chi connectivity index (χ1) is 29.5. The fourth-order valence-electron chi connectivity index (χ4n) is 9.37. The Kier molecular flexibility index (Phi) is 8.98. The molecule has 1 aliphatic rings. The van der Waals surface area contributed by atoms with Gasteiger partial charge in [-0.2, -0.15) is 0 Å². The lowest BCUT2D eigenvalue weighted by atomic mass is 9.78. The van der Waals surface area contributed by atoms with Crippen LogP contribution in [-0.2, 0) is 16.2 Å². The molecule has 0 amide bonds. The highest BCUT2D eigenvalue weighted by Crippen LogP contribution is 2.52. The van der Waals surface area contributed by atoms with Gasteiger partial charge in [-0.15, -0.1) is 0 Å². The maximum atomic E-state index is 11.9. The van der Waals surface area contributed by atoms with E-state index >= 15 is 0 Å². The second-order valence-corrected chi connectivity index (χ2v) is 19.8. The van der Waals surface area contributed by atoms with E-state index in [9.17, 15) is 5.11 Å². The summed E-state index contributed by atoms with van der Waals surface area (Å²) in [6.45, 7) is 20.2. The number of hydrogen-bond donors (Lipinski definition) is 1. The van der Waals surface area contributed by atoms with Crippen LogP contribution in [0, 0.1) is 6.92 Å². The molecule has 0 fully saturated rings. The van der Waals surface area contributed by atoms with Gasteiger partial charge in [0.25, 0.3) is 0 Å². The van der Waals surface area contributed by atoms with Crippen LogP contribution in [0.15, 0.2) is 150 Å². The van der Waals surface area contributed by atoms with Crippen LogP contribution in [-0.4, -0.2) is 15.1 Å². The van der Waals surface area contributed by atoms with Crippen molar-refractivity contribution in [2.75, 3.05) is 0 Å². The van der Waals surface area contributed by atoms with Gasteiger partial charge in [-0.3, -0.25) is 4.98 Å². The molecule has 4 nitrogen and oxygen atoms in total. The van der Waals surface area contributed by atoms with Gasteiger partial charge >= 0.3 is 0 Å². The summed E-state index contributed by atoms with van der Waals surface area (Å²) in [6, 6.07) is 51.4. The van der Waals surface area contributed by atoms with Crippen molar-refractivity contribution in [2.24, 2.45) is 0 Å². The quantitative estimate of drug-likeness (QED) is 0.188. The molecule has 10 rings (SSSR count). The standard InChI is InChI=1S/C58H52N2O2/c1-34-24-39(42-20-15-21-45-44-19-11-13-23-54(44)62-55(42)45)30-50(59-34)35-16-14-17-36(25-35)51-28-38(37-26-40(56(2,3)4)31-41(27-37)57(5,6)7)29-52(60-51)47-32-49-46(33-53(47)61)43-18-10-12-22-48(43)58(49,8)9/h10-33,61H,1-9H3. The molecule has 0 saturated carbocycles. The maximum absolute atomic E-state index is 11.9. The van der Waals surface area contributed by atoms with E-state index in [2.05, 4.69) is 183 Å². The Morgan fingerprint density at radius 2 is 1.06 bits per heavy atom. The third-order valence-corrected chi connectivity index (χ3v) is 12.9. The zero-order valence-corrected chi connectivity index (χ0v) is 37.1. The number of aromatic nitrogens is 2. The number of phenols is 1. The number of furan rings is 1. The number of benzene rings is 6. The van der Waals surface area contributed by atoms with E-state index in [0.29, 0.717) is 0 Å². The van der Waals surface area contributed by atoms with Crippen LogP contribution < -0.4 is 0 Å². The molecule has 4 heteroatoms. The molecule has 1 N–H and O–H groups in total. The molecule has 0 bridgehead atoms. The van der Waals surface area contributed by atoms with Gasteiger partial charge in [0.1, 0.15) is 16.9 Å². The van der Waals surface area contributed by atoms with Crippen molar-refractivity contribution < 1.29 is 9.52 Å². The molecular weight excluding hydrogens is 757 g/mol. The summed E-state index contributed by atoms with van der Waals surface area (Å²) in [7, 11) is 0. The smallest absolute Gasteiger partial charge is 0.143 e. The van der Waals surface area contributed by atoms with Crippen molar-refractivity contribution >= 4 is 21.9 Å². The highest BCUT2D eigenvalue weighted by Gasteiger charge is 2.36. The molecule has 3 aromatic heterocycles. The van der Waals surface area contributed by atoms with Gasteiger partial charge in [0.15, 0.2) is 0 Å². The molecule has 306 valence electrons. The SMILES string of the molecule is Cc1cc(-c2cccc3c2oc2ccccc23)cc(-c2cccc(-c3cc(-c4cc(C(C)(C)C)cc(C(C)(C)C)c4)cc(-c4cc5c(cc4O)-c4ccccc4C5(C)C)n3)c2)n1. The second-order valence-electron chi connectivity index (χ2n) is 19.8. The van der Waals surface area contributed by atoms with Gasteiger partial charge in [0.2, 0.25) is 0 Å². The first kappa shape index (κ1) is 39.4. The second kappa shape index (κ2) is 14.1. The van der Waals surface area contributed by atoms with Crippen LogP contribution in [0.1, 0.15) is 83.3 Å². The minimum Gasteiger partial charge on any atom is -0.507 e. The molecule has 0 unspecified atom stereocenters. The lowest BCUT2D eigenvalue weighted by molar-refractivity contribution is 0.477. The first-order valence-electron chi connectivity index (χ1n) is 21.7. The topological polar surface area (TPSA) is 59.2 Å². The number of para-hydroxylation sites is 2. The number of aromatic hydroxyl groups is 1. The van der Waals surface area contributed by atoms with Gasteiger partial charge in [-0.05, 0) is 116 Å². The van der Waals surface area contributed by atoms with E-state index in [1.807, 2.05) is 25.1 Å². The van der Waals surface area contributed by atoms with Crippen molar-refractivity contribution in [3.05, 3.63) is 174 Å². The van der Waals surface area contributed by atoms with Crippen LogP contribution in [0.2, 0.25) is 0 Å². The average molecular weight is 809 g/mol. The van der Waals surface area contributed by atoms with Crippen LogP contribution in [0.3, 0.4) is 0 Å². The normalized spacial score (nSPS) is 13.4. The minimum atomic E-state index is -0.235. The number of nitrogens with zero attached hydrogens (tertiary/aromatic N) is 2. The summed E-state index contributed by atoms with van der Waals surface area (Å²) in [5.41, 5.74) is 18.9. The van der Waals surface area contributed by atoms with Crippen LogP contribution in [0.4, 0.5) is 0 Å². The zero-order valence-electron chi connectivity index (χ0n) is 37.1. The van der Waals surface area contributed by atoms with E-state index in [-0.39, 0.29) is 22.0 Å². The molecule has 0 aliphatic heterocycles. The van der Waals surface area contributed by atoms with Gasteiger partial charge in [0.05, 0.1) is 17.1 Å². The van der Waals surface area contributed by atoms with Crippen molar-refractivity contribution in [2.45, 2.75) is 78.6 Å². The Balaban J connectivity index is 1.14. The predicted molar refractivity (Wildman–Crippen MR) is 258 cm³/mol. The Bertz CT molecular complexity index is 3230. The Hall–Kier alpha value is -6.78. The van der Waals surface area contributed by atoms with Crippen LogP contribution >= 0.6 is 0 Å². The van der Waals surface area contributed by atoms with E-state index in [1.165, 1.54) is 27.8 Å². The van der Waals surface area contributed by atoms with Crippen LogP contribution in [0.25, 0.3) is 89.1 Å². The summed E-state index contributed by atoms with van der Waals surface area (Å²) in [6.07, 6.45) is 0. The fraction of sp³-hybridized carbons (Fsp3) is 0.207. The van der Waals surface area contributed by atoms with E-state index in [4.69, 9.17) is 14.4 Å². The highest BCUT2D eigenvalue weighted by atomic mass is 16.3. The van der Waals surface area contributed by atoms with Gasteiger partial charge in [0, 0.05) is 44.1 Å². The van der Waals surface area contributed by atoms with E-state index < -0.39 is 0 Å². The molecule has 6 aromatic carbocycles. The molecule has 3 heterocycles. The Morgan fingerprint density at radius 3 is 1.81 bits per heavy atom. The summed E-state index contributed by atoms with van der Waals surface area (Å²) >= 11 is 0. The molecule has 1 aliphatic carbocycles. The third-order valence-electron chi connectivity index (χ3n) is 12.9. The molecule has 0 atom stereocenters. The average Bonchev–Trinajstić information content (AvgIpc) is 3.74. The number of hydrogen-bond acceptors (Lipinski definition) is 4. The zero-order chi connectivity index (χ0) is 43.3. The molecular formula is C58H52N2O2. The largest absolute Gasteiger partial charge is 0.507 e. The maximum Gasteiger partial charge on any atom is 0.143 e. The molecule has 9 aromatic rings. The molecule has 0 radical (unpaired) electrons. The lowest BCUT2D eigenvalue weighted by Gasteiger charge is -2.26. The summed E-state index contributed by atoms with van der Waals surface area (Å²) in [5.74, 6) is 0.218. The van der Waals surface area contributed by atoms with Crippen LogP contribution in [0.5, 0.6) is 5.75 Å². The number of aryl methyl sites for hydroxylation is 1. The van der Waals surface area contributed by atoms with Gasteiger partial charge in [-0.1, -0.05) is 152 Å². The predicted octanol–water partition coefficient (Wildman–Crippen LogP) is 15.6. The third kappa shape index (κ3) is 6.70. The van der Waals surface area contributed by atoms with Crippen molar-refractivity contribution in [1.82, 2.24) is 9.97 Å². The van der Waals surface area contributed by atoms with Crippen molar-refractivity contribution in [1.29, 1.82) is 0 Å². The van der Waals surface area contributed by atoms with E-state index in [1.54, 1.807) is 0 Å². The summed E-state index contributed by atoms with van der Waals surface area (Å²) < 4.78 is 6.46. The van der Waals surface area contributed by atoms with Crippen molar-refractivity contribution in [3.8, 4) is 72.9 Å². The number of pyridine rings is 2. The summed E-state index contributed by atoms with van der Waals surface area (Å²) in [5, 5.41) is 14.1. The van der Waals surface area contributed by atoms with E-state index in [0.717, 1.165) is 89.2 Å². The Labute approximate surface area is 365 Å². The monoisotopic (exact) mass is 808 g/mol. The molecule has 0 spiro atoms. The lowest BCUT2D eigenvalue weighted by Crippen LogP contribution is -2.16. The first-order valence-corrected chi connectivity index (χ1v) is 21.7. The fourth-order valence-corrected chi connectivity index (χ4v) is 9.37. The number of rotatable bonds is 5. The summed E-state index contributed by atoms with van der Waals surface area (Å²) in [4.78, 5) is 10.5. The highest BCUT2D eigenvalue weighted by molar-refractivity contribution is 6.09. The van der Waals surface area contributed by atoms with Crippen molar-refractivity contribution in [3.63, 3.8) is 0 Å². The number of fused-ring (bicyclic) bond motifs is 6. The number of phenolic OH excluding ortho intramolecular Hbond substituents is 1.